The van der Waals surface area contributed by atoms with E-state index in [0.717, 1.165) is 29.8 Å². The van der Waals surface area contributed by atoms with Crippen molar-refractivity contribution in [2.24, 2.45) is 0 Å². The van der Waals surface area contributed by atoms with Gasteiger partial charge >= 0.3 is 0 Å². The molecule has 0 saturated carbocycles. The SMILES string of the molecule is Nc1n[nH]c(CC(=O)N2CCC3(CC2)OCCc2cc(-c4cnccn4)sc23)n1. The summed E-state index contributed by atoms with van der Waals surface area (Å²) in [5, 5.41) is 6.47. The van der Waals surface area contributed by atoms with Crippen molar-refractivity contribution in [3.05, 3.63) is 40.9 Å². The summed E-state index contributed by atoms with van der Waals surface area (Å²) >= 11 is 1.74. The van der Waals surface area contributed by atoms with Crippen molar-refractivity contribution in [2.75, 3.05) is 25.4 Å². The molecule has 150 valence electrons. The van der Waals surface area contributed by atoms with Crippen LogP contribution in [0.3, 0.4) is 0 Å². The molecule has 3 aromatic heterocycles. The number of hydrogen-bond donors (Lipinski definition) is 2. The van der Waals surface area contributed by atoms with Gasteiger partial charge in [-0.2, -0.15) is 4.98 Å². The quantitative estimate of drug-likeness (QED) is 0.670. The number of nitrogens with zero attached hydrogens (tertiary/aromatic N) is 5. The molecule has 29 heavy (non-hydrogen) atoms. The predicted octanol–water partition coefficient (Wildman–Crippen LogP) is 1.54. The summed E-state index contributed by atoms with van der Waals surface area (Å²) in [5.74, 6) is 0.680. The second-order valence-electron chi connectivity index (χ2n) is 7.35. The van der Waals surface area contributed by atoms with Crippen molar-refractivity contribution in [3.8, 4) is 10.6 Å². The second-order valence-corrected chi connectivity index (χ2v) is 8.40. The first-order valence-corrected chi connectivity index (χ1v) is 10.4. The number of nitrogens with two attached hydrogens (primary N) is 1. The lowest BCUT2D eigenvalue weighted by atomic mass is 9.85. The molecule has 1 fully saturated rings. The van der Waals surface area contributed by atoms with E-state index in [9.17, 15) is 4.79 Å². The molecule has 5 heterocycles. The summed E-state index contributed by atoms with van der Waals surface area (Å²) in [4.78, 5) is 29.5. The van der Waals surface area contributed by atoms with Crippen LogP contribution in [0, 0.1) is 0 Å². The molecule has 3 aromatic rings. The molecule has 5 rings (SSSR count). The molecule has 10 heteroatoms. The van der Waals surface area contributed by atoms with Crippen LogP contribution in [0.2, 0.25) is 0 Å². The van der Waals surface area contributed by atoms with Crippen LogP contribution in [0.15, 0.2) is 24.7 Å². The van der Waals surface area contributed by atoms with Crippen molar-refractivity contribution < 1.29 is 9.53 Å². The van der Waals surface area contributed by atoms with Crippen molar-refractivity contribution >= 4 is 23.2 Å². The first kappa shape index (κ1) is 18.2. The zero-order valence-corrected chi connectivity index (χ0v) is 16.6. The number of anilines is 1. The number of hydrogen-bond acceptors (Lipinski definition) is 8. The van der Waals surface area contributed by atoms with Crippen LogP contribution >= 0.6 is 11.3 Å². The Morgan fingerprint density at radius 1 is 1.34 bits per heavy atom. The van der Waals surface area contributed by atoms with Crippen molar-refractivity contribution in [1.82, 2.24) is 30.0 Å². The zero-order valence-electron chi connectivity index (χ0n) is 15.8. The summed E-state index contributed by atoms with van der Waals surface area (Å²) in [7, 11) is 0. The third kappa shape index (κ3) is 3.38. The minimum Gasteiger partial charge on any atom is -0.369 e. The van der Waals surface area contributed by atoms with E-state index in [1.807, 2.05) is 4.90 Å². The number of carbonyl (C=O) groups excluding carboxylic acids is 1. The van der Waals surface area contributed by atoms with Crippen LogP contribution in [-0.4, -0.2) is 55.7 Å². The minimum atomic E-state index is -0.313. The van der Waals surface area contributed by atoms with Gasteiger partial charge in [0.1, 0.15) is 11.4 Å². The van der Waals surface area contributed by atoms with Gasteiger partial charge in [0.15, 0.2) is 0 Å². The number of nitrogen functional groups attached to an aromatic ring is 1. The fraction of sp³-hybridized carbons (Fsp3) is 0.421. The fourth-order valence-electron chi connectivity index (χ4n) is 4.11. The number of nitrogens with one attached hydrogen (secondary N) is 1. The molecule has 0 atom stereocenters. The first-order chi connectivity index (χ1) is 14.1. The van der Waals surface area contributed by atoms with Crippen LogP contribution < -0.4 is 5.73 Å². The maximum Gasteiger partial charge on any atom is 0.239 e. The molecule has 9 nitrogen and oxygen atoms in total. The lowest BCUT2D eigenvalue weighted by Gasteiger charge is -2.43. The van der Waals surface area contributed by atoms with E-state index < -0.39 is 0 Å². The van der Waals surface area contributed by atoms with Gasteiger partial charge in [-0.15, -0.1) is 16.4 Å². The van der Waals surface area contributed by atoms with Gasteiger partial charge < -0.3 is 15.4 Å². The Kier molecular flexibility index (Phi) is 4.51. The van der Waals surface area contributed by atoms with E-state index in [0.29, 0.717) is 25.5 Å². The molecule has 0 aliphatic carbocycles. The summed E-state index contributed by atoms with van der Waals surface area (Å²) in [6, 6.07) is 2.22. The Morgan fingerprint density at radius 3 is 2.93 bits per heavy atom. The van der Waals surface area contributed by atoms with Crippen LogP contribution in [0.1, 0.15) is 29.1 Å². The predicted molar refractivity (Wildman–Crippen MR) is 107 cm³/mol. The highest BCUT2D eigenvalue weighted by Gasteiger charge is 2.43. The average Bonchev–Trinajstić information content (AvgIpc) is 3.36. The van der Waals surface area contributed by atoms with E-state index in [1.165, 1.54) is 10.4 Å². The zero-order chi connectivity index (χ0) is 19.8. The molecule has 3 N–H and O–H groups in total. The molecule has 1 spiro atoms. The third-order valence-electron chi connectivity index (χ3n) is 5.58. The molecule has 0 unspecified atom stereocenters. The van der Waals surface area contributed by atoms with Gasteiger partial charge in [-0.1, -0.05) is 0 Å². The maximum atomic E-state index is 12.6. The van der Waals surface area contributed by atoms with Crippen LogP contribution in [0.4, 0.5) is 5.95 Å². The van der Waals surface area contributed by atoms with Crippen LogP contribution in [0.25, 0.3) is 10.6 Å². The average molecular weight is 411 g/mol. The summed E-state index contributed by atoms with van der Waals surface area (Å²) in [6.07, 6.45) is 7.84. The molecular weight excluding hydrogens is 390 g/mol. The van der Waals surface area contributed by atoms with Gasteiger partial charge in [-0.25, -0.2) is 0 Å². The third-order valence-corrected chi connectivity index (χ3v) is 6.96. The largest absolute Gasteiger partial charge is 0.369 e. The summed E-state index contributed by atoms with van der Waals surface area (Å²) in [5.41, 5.74) is 7.42. The molecule has 2 aliphatic rings. The number of likely N-dealkylation sites (tertiary alicyclic amines) is 1. The standard InChI is InChI=1S/C19H21N7O2S/c20-18-23-15(24-25-18)10-16(27)26-6-2-19(3-7-26)17-12(1-8-28-19)9-14(29-17)13-11-21-4-5-22-13/h4-5,9,11H,1-3,6-8,10H2,(H3,20,23,24,25). The number of ether oxygens (including phenoxy) is 1. The smallest absolute Gasteiger partial charge is 0.239 e. The number of piperidine rings is 1. The Morgan fingerprint density at radius 2 is 2.21 bits per heavy atom. The molecule has 0 aromatic carbocycles. The highest BCUT2D eigenvalue weighted by molar-refractivity contribution is 7.15. The number of thiophene rings is 1. The molecule has 1 saturated heterocycles. The second kappa shape index (κ2) is 7.20. The van der Waals surface area contributed by atoms with E-state index in [4.69, 9.17) is 10.5 Å². The molecule has 0 radical (unpaired) electrons. The van der Waals surface area contributed by atoms with Gasteiger partial charge in [0.05, 0.1) is 29.8 Å². The monoisotopic (exact) mass is 411 g/mol. The molecular formula is C19H21N7O2S. The Labute approximate surface area is 171 Å². The number of fused-ring (bicyclic) bond motifs is 2. The highest BCUT2D eigenvalue weighted by atomic mass is 32.1. The lowest BCUT2D eigenvalue weighted by Crippen LogP contribution is -2.48. The summed E-state index contributed by atoms with van der Waals surface area (Å²) in [6.45, 7) is 2.01. The van der Waals surface area contributed by atoms with E-state index in [1.54, 1.807) is 29.9 Å². The molecule has 0 bridgehead atoms. The number of rotatable bonds is 3. The first-order valence-electron chi connectivity index (χ1n) is 9.61. The maximum absolute atomic E-state index is 12.6. The van der Waals surface area contributed by atoms with Gasteiger partial charge in [0.2, 0.25) is 11.9 Å². The van der Waals surface area contributed by atoms with Gasteiger partial charge in [-0.05, 0) is 30.9 Å². The minimum absolute atomic E-state index is 0.0264. The van der Waals surface area contributed by atoms with Crippen molar-refractivity contribution in [1.29, 1.82) is 0 Å². The van der Waals surface area contributed by atoms with Gasteiger partial charge in [0, 0.05) is 30.4 Å². The van der Waals surface area contributed by atoms with Crippen molar-refractivity contribution in [3.63, 3.8) is 0 Å². The van der Waals surface area contributed by atoms with E-state index >= 15 is 0 Å². The molecule has 2 aliphatic heterocycles. The lowest BCUT2D eigenvalue weighted by molar-refractivity contribution is -0.139. The van der Waals surface area contributed by atoms with Crippen molar-refractivity contribution in [2.45, 2.75) is 31.3 Å². The van der Waals surface area contributed by atoms with Crippen LogP contribution in [-0.2, 0) is 28.0 Å². The van der Waals surface area contributed by atoms with E-state index in [-0.39, 0.29) is 23.9 Å². The topological polar surface area (TPSA) is 123 Å². The number of aromatic amines is 1. The van der Waals surface area contributed by atoms with Gasteiger partial charge in [0.25, 0.3) is 0 Å². The summed E-state index contributed by atoms with van der Waals surface area (Å²) < 4.78 is 6.32. The number of aromatic nitrogens is 5. The Hall–Kier alpha value is -2.85. The number of H-pyrrole nitrogens is 1. The van der Waals surface area contributed by atoms with Gasteiger partial charge in [-0.3, -0.25) is 19.9 Å². The Balaban J connectivity index is 1.32. The van der Waals surface area contributed by atoms with Crippen LogP contribution in [0.5, 0.6) is 0 Å². The molecule has 1 amide bonds. The fourth-order valence-corrected chi connectivity index (χ4v) is 5.48. The Bertz CT molecular complexity index is 1020. The normalized spacial score (nSPS) is 18.0. The highest BCUT2D eigenvalue weighted by Crippen LogP contribution is 2.47. The van der Waals surface area contributed by atoms with E-state index in [2.05, 4.69) is 31.2 Å². The number of carbonyl (C=O) groups is 1. The number of amides is 1.